The molecule has 0 aliphatic carbocycles. The van der Waals surface area contributed by atoms with E-state index in [1.165, 1.54) is 16.7 Å². The van der Waals surface area contributed by atoms with E-state index in [0.29, 0.717) is 0 Å². The van der Waals surface area contributed by atoms with Crippen LogP contribution in [0.5, 0.6) is 0 Å². The highest BCUT2D eigenvalue weighted by Gasteiger charge is 2.21. The smallest absolute Gasteiger partial charge is 0.0761 e. The van der Waals surface area contributed by atoms with Gasteiger partial charge in [-0.25, -0.2) is 0 Å². The molecule has 1 N–H and O–H groups in total. The van der Waals surface area contributed by atoms with E-state index in [0.717, 1.165) is 23.1 Å². The monoisotopic (exact) mass is 543 g/mol. The summed E-state index contributed by atoms with van der Waals surface area (Å²) in [5.41, 5.74) is 3.71. The third-order valence-corrected chi connectivity index (χ3v) is 6.92. The summed E-state index contributed by atoms with van der Waals surface area (Å²) < 4.78 is 4.53. The van der Waals surface area contributed by atoms with Crippen molar-refractivity contribution in [3.8, 4) is 0 Å². The van der Waals surface area contributed by atoms with Crippen LogP contribution in [-0.4, -0.2) is 6.54 Å². The molecule has 0 saturated carbocycles. The molecule has 0 aliphatic heterocycles. The minimum Gasteiger partial charge on any atom is -0.306 e. The highest BCUT2D eigenvalue weighted by molar-refractivity contribution is 9.12. The summed E-state index contributed by atoms with van der Waals surface area (Å²) in [5, 5.41) is 3.56. The van der Waals surface area contributed by atoms with E-state index >= 15 is 0 Å². The summed E-state index contributed by atoms with van der Waals surface area (Å²) in [4.78, 5) is 0. The van der Waals surface area contributed by atoms with Gasteiger partial charge in [-0.1, -0.05) is 38.8 Å². The minimum atomic E-state index is 0.156. The van der Waals surface area contributed by atoms with Crippen LogP contribution in [0.1, 0.15) is 29.7 Å². The Morgan fingerprint density at radius 2 is 1.75 bits per heavy atom. The fourth-order valence-electron chi connectivity index (χ4n) is 2.02. The van der Waals surface area contributed by atoms with Crippen molar-refractivity contribution in [1.82, 2.24) is 5.32 Å². The number of thiophene rings is 1. The largest absolute Gasteiger partial charge is 0.306 e. The molecule has 1 aromatic carbocycles. The lowest BCUT2D eigenvalue weighted by molar-refractivity contribution is 0.628. The van der Waals surface area contributed by atoms with Gasteiger partial charge >= 0.3 is 0 Å². The second-order valence-electron chi connectivity index (χ2n) is 4.39. The molecule has 2 rings (SSSR count). The van der Waals surface area contributed by atoms with Crippen molar-refractivity contribution in [2.75, 3.05) is 6.54 Å². The SMILES string of the molecule is CCNC(c1cc(Br)c(C)cc1Br)c1cc(Br)sc1Br. The van der Waals surface area contributed by atoms with Crippen LogP contribution >= 0.6 is 75.1 Å². The zero-order valence-electron chi connectivity index (χ0n) is 10.9. The van der Waals surface area contributed by atoms with E-state index < -0.39 is 0 Å². The number of rotatable bonds is 4. The van der Waals surface area contributed by atoms with Gasteiger partial charge < -0.3 is 5.32 Å². The normalized spacial score (nSPS) is 12.7. The first-order chi connectivity index (χ1) is 9.43. The molecule has 0 aliphatic rings. The standard InChI is InChI=1S/C14H13Br4NS/c1-3-19-13(9-6-12(17)20-14(9)18)8-5-10(15)7(2)4-11(8)16/h4-6,13,19H,3H2,1-2H3. The Morgan fingerprint density at radius 3 is 2.30 bits per heavy atom. The van der Waals surface area contributed by atoms with E-state index in [1.54, 1.807) is 11.3 Å². The lowest BCUT2D eigenvalue weighted by Gasteiger charge is -2.20. The molecule has 1 unspecified atom stereocenters. The van der Waals surface area contributed by atoms with E-state index in [-0.39, 0.29) is 6.04 Å². The quantitative estimate of drug-likeness (QED) is 0.444. The van der Waals surface area contributed by atoms with Gasteiger partial charge in [-0.05, 0) is 80.2 Å². The van der Waals surface area contributed by atoms with Crippen LogP contribution in [0, 0.1) is 6.92 Å². The van der Waals surface area contributed by atoms with Crippen LogP contribution < -0.4 is 5.32 Å². The predicted octanol–water partition coefficient (Wildman–Crippen LogP) is 6.81. The Bertz CT molecular complexity index is 624. The zero-order chi connectivity index (χ0) is 14.9. The minimum absolute atomic E-state index is 0.156. The molecule has 1 aromatic heterocycles. The Hall–Kier alpha value is 0.800. The van der Waals surface area contributed by atoms with Crippen LogP contribution in [0.3, 0.4) is 0 Å². The van der Waals surface area contributed by atoms with Crippen LogP contribution in [0.2, 0.25) is 0 Å². The zero-order valence-corrected chi connectivity index (χ0v) is 18.1. The molecule has 0 fully saturated rings. The van der Waals surface area contributed by atoms with Crippen molar-refractivity contribution in [1.29, 1.82) is 0 Å². The van der Waals surface area contributed by atoms with Crippen molar-refractivity contribution in [3.05, 3.63) is 51.4 Å². The molecule has 0 radical (unpaired) electrons. The van der Waals surface area contributed by atoms with Gasteiger partial charge in [0.15, 0.2) is 0 Å². The van der Waals surface area contributed by atoms with E-state index in [9.17, 15) is 0 Å². The molecule has 1 nitrogen and oxygen atoms in total. The summed E-state index contributed by atoms with van der Waals surface area (Å²) in [6.07, 6.45) is 0. The predicted molar refractivity (Wildman–Crippen MR) is 102 cm³/mol. The number of halogens is 4. The highest BCUT2D eigenvalue weighted by Crippen LogP contribution is 2.40. The number of hydrogen-bond acceptors (Lipinski definition) is 2. The third kappa shape index (κ3) is 3.76. The number of nitrogens with one attached hydrogen (secondary N) is 1. The summed E-state index contributed by atoms with van der Waals surface area (Å²) >= 11 is 16.2. The van der Waals surface area contributed by atoms with Crippen molar-refractivity contribution >= 4 is 75.1 Å². The third-order valence-electron chi connectivity index (χ3n) is 2.99. The summed E-state index contributed by atoms with van der Waals surface area (Å²) in [7, 11) is 0. The summed E-state index contributed by atoms with van der Waals surface area (Å²) in [6.45, 7) is 5.12. The van der Waals surface area contributed by atoms with Crippen LogP contribution in [-0.2, 0) is 0 Å². The van der Waals surface area contributed by atoms with E-state index in [4.69, 9.17) is 0 Å². The fraction of sp³-hybridized carbons (Fsp3) is 0.286. The van der Waals surface area contributed by atoms with Gasteiger partial charge in [0.05, 0.1) is 13.6 Å². The van der Waals surface area contributed by atoms with Gasteiger partial charge in [-0.3, -0.25) is 0 Å². The van der Waals surface area contributed by atoms with Crippen LogP contribution in [0.15, 0.2) is 34.7 Å². The summed E-state index contributed by atoms with van der Waals surface area (Å²) in [6, 6.07) is 6.66. The lowest BCUT2D eigenvalue weighted by atomic mass is 10.00. The Kier molecular flexibility index (Phi) is 6.33. The first-order valence-corrected chi connectivity index (χ1v) is 10.1. The maximum atomic E-state index is 3.70. The first kappa shape index (κ1) is 17.2. The Balaban J connectivity index is 2.54. The van der Waals surface area contributed by atoms with Crippen molar-refractivity contribution in [2.45, 2.75) is 19.9 Å². The fourth-order valence-corrected chi connectivity index (χ4v) is 5.97. The Labute approximate surface area is 157 Å². The summed E-state index contributed by atoms with van der Waals surface area (Å²) in [5.74, 6) is 0. The average molecular weight is 547 g/mol. The molecular weight excluding hydrogens is 534 g/mol. The van der Waals surface area contributed by atoms with Gasteiger partial charge in [-0.15, -0.1) is 11.3 Å². The first-order valence-electron chi connectivity index (χ1n) is 6.07. The molecule has 6 heteroatoms. The second kappa shape index (κ2) is 7.38. The van der Waals surface area contributed by atoms with Gasteiger partial charge in [0.25, 0.3) is 0 Å². The molecule has 0 spiro atoms. The maximum absolute atomic E-state index is 3.70. The van der Waals surface area contributed by atoms with Gasteiger partial charge in [0.1, 0.15) is 0 Å². The second-order valence-corrected chi connectivity index (χ2v) is 9.85. The number of benzene rings is 1. The van der Waals surface area contributed by atoms with Crippen molar-refractivity contribution in [3.63, 3.8) is 0 Å². The molecule has 20 heavy (non-hydrogen) atoms. The number of aryl methyl sites for hydroxylation is 1. The molecule has 0 amide bonds. The van der Waals surface area contributed by atoms with Crippen molar-refractivity contribution in [2.24, 2.45) is 0 Å². The molecular formula is C14H13Br4NS. The molecule has 0 saturated heterocycles. The molecule has 0 bridgehead atoms. The maximum Gasteiger partial charge on any atom is 0.0761 e. The van der Waals surface area contributed by atoms with Gasteiger partial charge in [0, 0.05) is 8.95 Å². The van der Waals surface area contributed by atoms with Gasteiger partial charge in [0.2, 0.25) is 0 Å². The van der Waals surface area contributed by atoms with Gasteiger partial charge in [-0.2, -0.15) is 0 Å². The topological polar surface area (TPSA) is 12.0 Å². The van der Waals surface area contributed by atoms with E-state index in [2.05, 4.69) is 101 Å². The molecule has 2 aromatic rings. The van der Waals surface area contributed by atoms with Crippen LogP contribution in [0.4, 0.5) is 0 Å². The van der Waals surface area contributed by atoms with Crippen molar-refractivity contribution < 1.29 is 0 Å². The number of hydrogen-bond donors (Lipinski definition) is 1. The molecule has 1 atom stereocenters. The molecule has 108 valence electrons. The van der Waals surface area contributed by atoms with E-state index in [1.807, 2.05) is 0 Å². The van der Waals surface area contributed by atoms with Crippen LogP contribution in [0.25, 0.3) is 0 Å². The Morgan fingerprint density at radius 1 is 1.05 bits per heavy atom. The average Bonchev–Trinajstić information content (AvgIpc) is 2.70. The highest BCUT2D eigenvalue weighted by atomic mass is 79.9. The lowest BCUT2D eigenvalue weighted by Crippen LogP contribution is -2.22. The molecule has 1 heterocycles.